The predicted molar refractivity (Wildman–Crippen MR) is 75.3 cm³/mol. The van der Waals surface area contributed by atoms with Crippen molar-refractivity contribution in [3.05, 3.63) is 29.8 Å². The van der Waals surface area contributed by atoms with Gasteiger partial charge in [0.2, 0.25) is 0 Å². The molecule has 1 saturated carbocycles. The van der Waals surface area contributed by atoms with E-state index < -0.39 is 5.60 Å². The van der Waals surface area contributed by atoms with Gasteiger partial charge in [0.25, 0.3) is 0 Å². The van der Waals surface area contributed by atoms with Crippen molar-refractivity contribution < 1.29 is 9.84 Å². The summed E-state index contributed by atoms with van der Waals surface area (Å²) in [6.45, 7) is 3.02. The first-order chi connectivity index (χ1) is 9.22. The Bertz CT molecular complexity index is 438. The number of benzene rings is 1. The normalized spacial score (nSPS) is 23.3. The van der Waals surface area contributed by atoms with Crippen LogP contribution in [-0.2, 0) is 5.60 Å². The molecule has 1 saturated heterocycles. The van der Waals surface area contributed by atoms with Crippen LogP contribution in [-0.4, -0.2) is 36.8 Å². The van der Waals surface area contributed by atoms with Crippen molar-refractivity contribution in [2.45, 2.75) is 31.3 Å². The zero-order chi connectivity index (χ0) is 13.3. The second kappa shape index (κ2) is 5.14. The lowest BCUT2D eigenvalue weighted by Gasteiger charge is -2.33. The van der Waals surface area contributed by atoms with E-state index in [1.807, 2.05) is 24.3 Å². The van der Waals surface area contributed by atoms with Gasteiger partial charge in [0, 0.05) is 6.54 Å². The lowest BCUT2D eigenvalue weighted by molar-refractivity contribution is -0.0160. The summed E-state index contributed by atoms with van der Waals surface area (Å²) < 4.78 is 5.30. The van der Waals surface area contributed by atoms with E-state index in [1.165, 1.54) is 12.8 Å². The number of hydrogen-bond donors (Lipinski definition) is 1. The van der Waals surface area contributed by atoms with Crippen molar-refractivity contribution in [1.29, 1.82) is 0 Å². The van der Waals surface area contributed by atoms with Gasteiger partial charge in [0.1, 0.15) is 11.4 Å². The second-order valence-corrected chi connectivity index (χ2v) is 5.91. The lowest BCUT2D eigenvalue weighted by atomic mass is 9.88. The fourth-order valence-electron chi connectivity index (χ4n) is 3.19. The van der Waals surface area contributed by atoms with Crippen LogP contribution < -0.4 is 4.74 Å². The summed E-state index contributed by atoms with van der Waals surface area (Å²) in [5.74, 6) is 1.25. The molecule has 1 unspecified atom stereocenters. The molecule has 1 aromatic carbocycles. The molecule has 0 radical (unpaired) electrons. The topological polar surface area (TPSA) is 32.7 Å². The van der Waals surface area contributed by atoms with E-state index in [0.717, 1.165) is 43.8 Å². The summed E-state index contributed by atoms with van der Waals surface area (Å²) in [5.41, 5.74) is 0.319. The third-order valence-electron chi connectivity index (χ3n) is 4.49. The van der Waals surface area contributed by atoms with Gasteiger partial charge in [0.05, 0.1) is 7.11 Å². The molecule has 104 valence electrons. The fraction of sp³-hybridized carbons (Fsp3) is 0.625. The summed E-state index contributed by atoms with van der Waals surface area (Å²) in [4.78, 5) is 2.40. The number of ether oxygens (including phenoxy) is 1. The fourth-order valence-corrected chi connectivity index (χ4v) is 3.19. The number of likely N-dealkylation sites (tertiary alicyclic amines) is 1. The van der Waals surface area contributed by atoms with Crippen molar-refractivity contribution in [2.24, 2.45) is 5.92 Å². The van der Waals surface area contributed by atoms with E-state index in [1.54, 1.807) is 7.11 Å². The Labute approximate surface area is 115 Å². The van der Waals surface area contributed by atoms with Crippen molar-refractivity contribution in [3.8, 4) is 5.75 Å². The third kappa shape index (κ3) is 2.63. The molecule has 2 fully saturated rings. The van der Waals surface area contributed by atoms with E-state index in [-0.39, 0.29) is 0 Å². The molecule has 3 nitrogen and oxygen atoms in total. The van der Waals surface area contributed by atoms with E-state index in [4.69, 9.17) is 4.74 Å². The van der Waals surface area contributed by atoms with Crippen LogP contribution in [0.3, 0.4) is 0 Å². The summed E-state index contributed by atoms with van der Waals surface area (Å²) >= 11 is 0. The van der Waals surface area contributed by atoms with Gasteiger partial charge in [-0.15, -0.1) is 0 Å². The highest BCUT2D eigenvalue weighted by Crippen LogP contribution is 2.47. The molecule has 1 heterocycles. The number of methoxy groups -OCH3 is 1. The number of aliphatic hydroxyl groups is 1. The molecule has 19 heavy (non-hydrogen) atoms. The Hall–Kier alpha value is -1.06. The highest BCUT2D eigenvalue weighted by atomic mass is 16.5. The van der Waals surface area contributed by atoms with Crippen molar-refractivity contribution >= 4 is 0 Å². The van der Waals surface area contributed by atoms with Gasteiger partial charge in [-0.05, 0) is 62.4 Å². The van der Waals surface area contributed by atoms with Gasteiger partial charge in [-0.2, -0.15) is 0 Å². The van der Waals surface area contributed by atoms with Crippen molar-refractivity contribution in [1.82, 2.24) is 4.90 Å². The number of nitrogens with zero attached hydrogens (tertiary/aromatic N) is 1. The monoisotopic (exact) mass is 261 g/mol. The van der Waals surface area contributed by atoms with Crippen LogP contribution in [0.2, 0.25) is 0 Å². The van der Waals surface area contributed by atoms with Crippen LogP contribution in [0, 0.1) is 5.92 Å². The van der Waals surface area contributed by atoms with Gasteiger partial charge in [-0.3, -0.25) is 0 Å². The van der Waals surface area contributed by atoms with E-state index in [2.05, 4.69) is 4.90 Å². The SMILES string of the molecule is COc1cccc(C(O)(CN2CCCC2)C2CC2)c1. The van der Waals surface area contributed by atoms with Gasteiger partial charge < -0.3 is 14.7 Å². The molecule has 0 bridgehead atoms. The molecule has 3 rings (SSSR count). The van der Waals surface area contributed by atoms with Crippen LogP contribution in [0.15, 0.2) is 24.3 Å². The maximum absolute atomic E-state index is 11.2. The standard InChI is InChI=1S/C16H23NO2/c1-19-15-6-4-5-14(11-15)16(18,13-7-8-13)12-17-9-2-3-10-17/h4-6,11,13,18H,2-3,7-10,12H2,1H3. The molecule has 1 N–H and O–H groups in total. The minimum Gasteiger partial charge on any atom is -0.497 e. The van der Waals surface area contributed by atoms with Crippen LogP contribution >= 0.6 is 0 Å². The molecule has 2 aliphatic rings. The Kier molecular flexibility index (Phi) is 3.50. The van der Waals surface area contributed by atoms with E-state index >= 15 is 0 Å². The maximum atomic E-state index is 11.2. The van der Waals surface area contributed by atoms with Crippen LogP contribution in [0.5, 0.6) is 5.75 Å². The Morgan fingerprint density at radius 3 is 2.68 bits per heavy atom. The first-order valence-electron chi connectivity index (χ1n) is 7.31. The lowest BCUT2D eigenvalue weighted by Crippen LogP contribution is -2.41. The largest absolute Gasteiger partial charge is 0.497 e. The van der Waals surface area contributed by atoms with Gasteiger partial charge >= 0.3 is 0 Å². The number of rotatable bonds is 5. The Balaban J connectivity index is 1.85. The number of hydrogen-bond acceptors (Lipinski definition) is 3. The highest BCUT2D eigenvalue weighted by molar-refractivity contribution is 5.34. The second-order valence-electron chi connectivity index (χ2n) is 5.91. The van der Waals surface area contributed by atoms with E-state index in [0.29, 0.717) is 5.92 Å². The van der Waals surface area contributed by atoms with Gasteiger partial charge in [0.15, 0.2) is 0 Å². The average molecular weight is 261 g/mol. The molecule has 1 aromatic rings. The molecule has 0 amide bonds. The summed E-state index contributed by atoms with van der Waals surface area (Å²) in [5, 5.41) is 11.2. The summed E-state index contributed by atoms with van der Waals surface area (Å²) in [6.07, 6.45) is 4.81. The average Bonchev–Trinajstić information content (AvgIpc) is 3.19. The van der Waals surface area contributed by atoms with Crippen LogP contribution in [0.4, 0.5) is 0 Å². The summed E-state index contributed by atoms with van der Waals surface area (Å²) in [7, 11) is 1.68. The highest BCUT2D eigenvalue weighted by Gasteiger charge is 2.46. The molecular formula is C16H23NO2. The minimum absolute atomic E-state index is 0.417. The van der Waals surface area contributed by atoms with E-state index in [9.17, 15) is 5.11 Å². The minimum atomic E-state index is -0.696. The van der Waals surface area contributed by atoms with Crippen LogP contribution in [0.25, 0.3) is 0 Å². The van der Waals surface area contributed by atoms with Crippen molar-refractivity contribution in [3.63, 3.8) is 0 Å². The van der Waals surface area contributed by atoms with Crippen LogP contribution in [0.1, 0.15) is 31.2 Å². The molecule has 1 aliphatic carbocycles. The first-order valence-corrected chi connectivity index (χ1v) is 7.31. The molecule has 1 aliphatic heterocycles. The predicted octanol–water partition coefficient (Wildman–Crippen LogP) is 2.39. The molecule has 0 aromatic heterocycles. The first kappa shape index (κ1) is 12.9. The maximum Gasteiger partial charge on any atom is 0.119 e. The zero-order valence-electron chi connectivity index (χ0n) is 11.6. The summed E-state index contributed by atoms with van der Waals surface area (Å²) in [6, 6.07) is 7.95. The van der Waals surface area contributed by atoms with Gasteiger partial charge in [-0.25, -0.2) is 0 Å². The molecule has 1 atom stereocenters. The molecule has 3 heteroatoms. The smallest absolute Gasteiger partial charge is 0.119 e. The molecular weight excluding hydrogens is 238 g/mol. The third-order valence-corrected chi connectivity index (χ3v) is 4.49. The Morgan fingerprint density at radius 1 is 1.32 bits per heavy atom. The zero-order valence-corrected chi connectivity index (χ0v) is 11.6. The van der Waals surface area contributed by atoms with Gasteiger partial charge in [-0.1, -0.05) is 12.1 Å². The quantitative estimate of drug-likeness (QED) is 0.883. The number of β-amino-alcohol motifs (C(OH)–C–C–N with tert-alkyl or cyclic N) is 1. The van der Waals surface area contributed by atoms with Crippen molar-refractivity contribution in [2.75, 3.05) is 26.7 Å². The molecule has 0 spiro atoms. The Morgan fingerprint density at radius 2 is 2.05 bits per heavy atom.